The highest BCUT2D eigenvalue weighted by molar-refractivity contribution is 9.10. The van der Waals surface area contributed by atoms with Gasteiger partial charge in [0.15, 0.2) is 5.43 Å². The van der Waals surface area contributed by atoms with Crippen LogP contribution in [0.15, 0.2) is 52.0 Å². The van der Waals surface area contributed by atoms with Gasteiger partial charge in [0.25, 0.3) is 0 Å². The molecule has 0 spiro atoms. The molecule has 0 fully saturated rings. The first-order valence-electron chi connectivity index (χ1n) is 5.24. The number of carboxylic acid groups (broad SMARTS) is 1. The minimum atomic E-state index is -0.953. The molecule has 0 radical (unpaired) electrons. The van der Waals surface area contributed by atoms with Crippen molar-refractivity contribution in [3.63, 3.8) is 0 Å². The highest BCUT2D eigenvalue weighted by Crippen LogP contribution is 2.19. The molecule has 4 nitrogen and oxygen atoms in total. The number of benzene rings is 1. The maximum Gasteiger partial charge on any atom is 0.335 e. The number of carbonyl (C=O) groups is 1. The first-order chi connectivity index (χ1) is 8.56. The van der Waals surface area contributed by atoms with E-state index < -0.39 is 5.97 Å². The Balaban J connectivity index is 2.27. The van der Waals surface area contributed by atoms with Crippen LogP contribution in [0.25, 0.3) is 0 Å². The zero-order valence-corrected chi connectivity index (χ0v) is 10.9. The largest absolute Gasteiger partial charge is 0.478 e. The second-order valence-electron chi connectivity index (χ2n) is 3.82. The molecule has 0 aliphatic heterocycles. The molecule has 2 rings (SSSR count). The lowest BCUT2D eigenvalue weighted by molar-refractivity contribution is 0.0697. The van der Waals surface area contributed by atoms with Crippen molar-refractivity contribution in [3.8, 4) is 0 Å². The number of rotatable bonds is 3. The summed E-state index contributed by atoms with van der Waals surface area (Å²) in [4.78, 5) is 21.8. The maximum absolute atomic E-state index is 11.0. The average Bonchev–Trinajstić information content (AvgIpc) is 2.34. The number of carboxylic acids is 1. The molecule has 0 saturated carbocycles. The molecule has 0 atom stereocenters. The smallest absolute Gasteiger partial charge is 0.335 e. The van der Waals surface area contributed by atoms with Crippen LogP contribution in [0, 0.1) is 0 Å². The topological polar surface area (TPSA) is 59.3 Å². The summed E-state index contributed by atoms with van der Waals surface area (Å²) in [7, 11) is 0. The van der Waals surface area contributed by atoms with E-state index in [1.54, 1.807) is 30.6 Å². The van der Waals surface area contributed by atoms with Gasteiger partial charge < -0.3 is 9.67 Å². The van der Waals surface area contributed by atoms with Crippen molar-refractivity contribution in [2.45, 2.75) is 6.54 Å². The van der Waals surface area contributed by atoms with Crippen molar-refractivity contribution < 1.29 is 9.90 Å². The molecule has 2 aromatic rings. The first-order valence-corrected chi connectivity index (χ1v) is 6.03. The lowest BCUT2D eigenvalue weighted by Gasteiger charge is -2.08. The van der Waals surface area contributed by atoms with Crippen molar-refractivity contribution in [1.82, 2.24) is 4.57 Å². The number of hydrogen-bond acceptors (Lipinski definition) is 2. The third kappa shape index (κ3) is 2.87. The zero-order chi connectivity index (χ0) is 13.1. The second kappa shape index (κ2) is 5.18. The Morgan fingerprint density at radius 2 is 1.89 bits per heavy atom. The zero-order valence-electron chi connectivity index (χ0n) is 9.34. The van der Waals surface area contributed by atoms with E-state index in [2.05, 4.69) is 15.9 Å². The fraction of sp³-hybridized carbons (Fsp3) is 0.0769. The van der Waals surface area contributed by atoms with Gasteiger partial charge in [0.05, 0.1) is 5.56 Å². The molecule has 0 aliphatic rings. The van der Waals surface area contributed by atoms with Crippen LogP contribution in [0.3, 0.4) is 0 Å². The highest BCUT2D eigenvalue weighted by atomic mass is 79.9. The summed E-state index contributed by atoms with van der Waals surface area (Å²) >= 11 is 3.35. The molecular weight excluding hydrogens is 298 g/mol. The van der Waals surface area contributed by atoms with Crippen LogP contribution >= 0.6 is 15.9 Å². The summed E-state index contributed by atoms with van der Waals surface area (Å²) < 4.78 is 2.59. The van der Waals surface area contributed by atoms with E-state index in [1.807, 2.05) is 4.57 Å². The molecule has 1 aromatic carbocycles. The van der Waals surface area contributed by atoms with Gasteiger partial charge in [-0.25, -0.2) is 4.79 Å². The highest BCUT2D eigenvalue weighted by Gasteiger charge is 2.06. The van der Waals surface area contributed by atoms with Crippen molar-refractivity contribution >= 4 is 21.9 Å². The molecule has 0 unspecified atom stereocenters. The van der Waals surface area contributed by atoms with Crippen molar-refractivity contribution in [1.29, 1.82) is 0 Å². The van der Waals surface area contributed by atoms with Gasteiger partial charge in [0, 0.05) is 35.5 Å². The van der Waals surface area contributed by atoms with Gasteiger partial charge in [-0.1, -0.05) is 22.0 Å². The monoisotopic (exact) mass is 307 g/mol. The average molecular weight is 308 g/mol. The van der Waals surface area contributed by atoms with Crippen molar-refractivity contribution in [3.05, 3.63) is 68.5 Å². The van der Waals surface area contributed by atoms with E-state index in [0.29, 0.717) is 6.54 Å². The van der Waals surface area contributed by atoms with E-state index in [4.69, 9.17) is 5.11 Å². The van der Waals surface area contributed by atoms with Crippen LogP contribution in [0.5, 0.6) is 0 Å². The normalized spacial score (nSPS) is 10.3. The number of hydrogen-bond donors (Lipinski definition) is 1. The quantitative estimate of drug-likeness (QED) is 0.947. The van der Waals surface area contributed by atoms with Crippen LogP contribution in [-0.4, -0.2) is 15.6 Å². The van der Waals surface area contributed by atoms with Crippen LogP contribution in [0.4, 0.5) is 0 Å². The summed E-state index contributed by atoms with van der Waals surface area (Å²) in [5.41, 5.74) is 1.15. The molecule has 1 N–H and O–H groups in total. The Morgan fingerprint density at radius 3 is 2.44 bits per heavy atom. The van der Waals surface area contributed by atoms with Gasteiger partial charge >= 0.3 is 5.97 Å². The summed E-state index contributed by atoms with van der Waals surface area (Å²) in [6.07, 6.45) is 3.39. The number of nitrogens with zero attached hydrogens (tertiary/aromatic N) is 1. The number of aromatic nitrogens is 1. The molecule has 0 aliphatic carbocycles. The minimum absolute atomic E-state index is 0.0356. The van der Waals surface area contributed by atoms with Gasteiger partial charge in [0.2, 0.25) is 0 Å². The fourth-order valence-corrected chi connectivity index (χ4v) is 2.06. The van der Waals surface area contributed by atoms with E-state index in [0.717, 1.165) is 10.0 Å². The van der Waals surface area contributed by atoms with E-state index in [9.17, 15) is 9.59 Å². The summed E-state index contributed by atoms with van der Waals surface area (Å²) in [5, 5.41) is 8.86. The third-order valence-corrected chi connectivity index (χ3v) is 3.25. The van der Waals surface area contributed by atoms with Crippen molar-refractivity contribution in [2.75, 3.05) is 0 Å². The maximum atomic E-state index is 11.0. The lowest BCUT2D eigenvalue weighted by Crippen LogP contribution is -2.05. The number of aromatic carboxylic acids is 1. The van der Waals surface area contributed by atoms with Gasteiger partial charge in [-0.15, -0.1) is 0 Å². The summed E-state index contributed by atoms with van der Waals surface area (Å²) in [6.45, 7) is 0.570. The molecule has 0 saturated heterocycles. The SMILES string of the molecule is O=C(O)c1ccc(Cn2ccc(=O)cc2)c(Br)c1. The second-order valence-corrected chi connectivity index (χ2v) is 4.67. The summed E-state index contributed by atoms with van der Waals surface area (Å²) in [6, 6.07) is 7.86. The molecule has 1 aromatic heterocycles. The Hall–Kier alpha value is -1.88. The van der Waals surface area contributed by atoms with Crippen molar-refractivity contribution in [2.24, 2.45) is 0 Å². The lowest BCUT2D eigenvalue weighted by atomic mass is 10.1. The van der Waals surface area contributed by atoms with E-state index in [-0.39, 0.29) is 11.0 Å². The van der Waals surface area contributed by atoms with Gasteiger partial charge in [0.1, 0.15) is 0 Å². The van der Waals surface area contributed by atoms with Gasteiger partial charge in [-0.3, -0.25) is 4.79 Å². The molecule has 1 heterocycles. The van der Waals surface area contributed by atoms with Gasteiger partial charge in [-0.05, 0) is 17.7 Å². The molecule has 18 heavy (non-hydrogen) atoms. The molecular formula is C13H10BrNO3. The fourth-order valence-electron chi connectivity index (χ4n) is 1.55. The number of pyridine rings is 1. The first kappa shape index (κ1) is 12.6. The number of halogens is 1. The van der Waals surface area contributed by atoms with Crippen LogP contribution in [-0.2, 0) is 6.54 Å². The Kier molecular flexibility index (Phi) is 3.62. The van der Waals surface area contributed by atoms with Crippen LogP contribution in [0.2, 0.25) is 0 Å². The Morgan fingerprint density at radius 1 is 1.22 bits per heavy atom. The van der Waals surface area contributed by atoms with Crippen LogP contribution < -0.4 is 5.43 Å². The molecule has 92 valence electrons. The van der Waals surface area contributed by atoms with Crippen LogP contribution in [0.1, 0.15) is 15.9 Å². The third-order valence-electron chi connectivity index (χ3n) is 2.51. The minimum Gasteiger partial charge on any atom is -0.478 e. The molecule has 0 bridgehead atoms. The Labute approximate surface area is 112 Å². The van der Waals surface area contributed by atoms with E-state index in [1.165, 1.54) is 12.1 Å². The summed E-state index contributed by atoms with van der Waals surface area (Å²) in [5.74, 6) is -0.953. The predicted molar refractivity (Wildman–Crippen MR) is 70.9 cm³/mol. The van der Waals surface area contributed by atoms with Gasteiger partial charge in [-0.2, -0.15) is 0 Å². The Bertz CT molecular complexity index is 628. The molecule has 0 amide bonds. The standard InChI is InChI=1S/C13H10BrNO3/c14-12-7-9(13(17)18)1-2-10(12)8-15-5-3-11(16)4-6-15/h1-7H,8H2,(H,17,18). The predicted octanol–water partition coefficient (Wildman–Crippen LogP) is 2.36. The van der Waals surface area contributed by atoms with E-state index >= 15 is 0 Å². The molecule has 5 heteroatoms.